The lowest BCUT2D eigenvalue weighted by Gasteiger charge is -2.22. The fourth-order valence-corrected chi connectivity index (χ4v) is 3.68. The number of fused-ring (bicyclic) bond motifs is 1. The van der Waals surface area contributed by atoms with Crippen molar-refractivity contribution in [2.24, 2.45) is 0 Å². The summed E-state index contributed by atoms with van der Waals surface area (Å²) in [7, 11) is 4.00. The number of para-hydroxylation sites is 1. The van der Waals surface area contributed by atoms with Crippen LogP contribution in [0.15, 0.2) is 53.1 Å². The van der Waals surface area contributed by atoms with Crippen molar-refractivity contribution in [2.45, 2.75) is 13.0 Å². The molecule has 1 amide bonds. The average molecular weight is 378 g/mol. The van der Waals surface area contributed by atoms with E-state index in [9.17, 15) is 4.79 Å². The van der Waals surface area contributed by atoms with Crippen LogP contribution in [0.2, 0.25) is 0 Å². The van der Waals surface area contributed by atoms with E-state index in [2.05, 4.69) is 10.1 Å². The Morgan fingerprint density at radius 2 is 1.82 bits per heavy atom. The third-order valence-corrected chi connectivity index (χ3v) is 5.33. The van der Waals surface area contributed by atoms with E-state index >= 15 is 0 Å². The Balaban J connectivity index is 1.40. The van der Waals surface area contributed by atoms with Crippen molar-refractivity contribution in [1.29, 1.82) is 0 Å². The minimum Gasteiger partial charge on any atom is -0.378 e. The van der Waals surface area contributed by atoms with E-state index in [-0.39, 0.29) is 5.91 Å². The van der Waals surface area contributed by atoms with Crippen molar-refractivity contribution in [2.75, 3.05) is 45.2 Å². The van der Waals surface area contributed by atoms with Gasteiger partial charge in [0.1, 0.15) is 5.69 Å². The molecule has 1 aromatic heterocycles. The molecule has 1 aliphatic rings. The Morgan fingerprint density at radius 1 is 1.04 bits per heavy atom. The van der Waals surface area contributed by atoms with Crippen LogP contribution >= 0.6 is 0 Å². The molecule has 0 saturated carbocycles. The number of rotatable bonds is 4. The van der Waals surface area contributed by atoms with Crippen LogP contribution in [-0.4, -0.2) is 61.1 Å². The van der Waals surface area contributed by atoms with Crippen LogP contribution in [0.5, 0.6) is 0 Å². The highest BCUT2D eigenvalue weighted by Crippen LogP contribution is 2.20. The van der Waals surface area contributed by atoms with Crippen molar-refractivity contribution < 1.29 is 9.32 Å². The second kappa shape index (κ2) is 8.02. The fraction of sp³-hybridized carbons (Fsp3) is 0.364. The zero-order valence-electron chi connectivity index (χ0n) is 16.5. The SMILES string of the molecule is CN(C)c1ccc(C(=O)N2CCCN(Cc3noc4ccccc34)CC2)cc1. The van der Waals surface area contributed by atoms with Crippen LogP contribution in [0.25, 0.3) is 11.0 Å². The molecule has 4 rings (SSSR count). The predicted molar refractivity (Wildman–Crippen MR) is 111 cm³/mol. The summed E-state index contributed by atoms with van der Waals surface area (Å²) in [5, 5.41) is 5.31. The largest absolute Gasteiger partial charge is 0.378 e. The monoisotopic (exact) mass is 378 g/mol. The molecule has 2 heterocycles. The normalized spacial score (nSPS) is 15.6. The third kappa shape index (κ3) is 3.87. The summed E-state index contributed by atoms with van der Waals surface area (Å²) < 4.78 is 5.42. The number of hydrogen-bond donors (Lipinski definition) is 0. The van der Waals surface area contributed by atoms with E-state index in [0.717, 1.165) is 67.1 Å². The predicted octanol–water partition coefficient (Wildman–Crippen LogP) is 3.24. The molecule has 0 spiro atoms. The zero-order chi connectivity index (χ0) is 19.5. The molecule has 6 heteroatoms. The second-order valence-electron chi connectivity index (χ2n) is 7.49. The van der Waals surface area contributed by atoms with Crippen LogP contribution in [0.1, 0.15) is 22.5 Å². The summed E-state index contributed by atoms with van der Waals surface area (Å²) in [6.45, 7) is 4.04. The molecule has 0 aliphatic carbocycles. The highest BCUT2D eigenvalue weighted by Gasteiger charge is 2.21. The Labute approximate surface area is 165 Å². The highest BCUT2D eigenvalue weighted by atomic mass is 16.5. The summed E-state index contributed by atoms with van der Waals surface area (Å²) >= 11 is 0. The molecule has 0 unspecified atom stereocenters. The van der Waals surface area contributed by atoms with Crippen LogP contribution in [0.3, 0.4) is 0 Å². The minimum atomic E-state index is 0.110. The van der Waals surface area contributed by atoms with Crippen LogP contribution in [0, 0.1) is 0 Å². The van der Waals surface area contributed by atoms with Gasteiger partial charge in [-0.3, -0.25) is 9.69 Å². The molecule has 3 aromatic rings. The maximum Gasteiger partial charge on any atom is 0.253 e. The van der Waals surface area contributed by atoms with Gasteiger partial charge in [0.05, 0.1) is 0 Å². The Kier molecular flexibility index (Phi) is 5.30. The van der Waals surface area contributed by atoms with Gasteiger partial charge in [-0.25, -0.2) is 0 Å². The summed E-state index contributed by atoms with van der Waals surface area (Å²) in [4.78, 5) is 19.2. The maximum atomic E-state index is 12.9. The lowest BCUT2D eigenvalue weighted by Crippen LogP contribution is -2.35. The van der Waals surface area contributed by atoms with Crippen LogP contribution in [0.4, 0.5) is 5.69 Å². The highest BCUT2D eigenvalue weighted by molar-refractivity contribution is 5.94. The van der Waals surface area contributed by atoms with Crippen LogP contribution in [-0.2, 0) is 6.54 Å². The number of nitrogens with zero attached hydrogens (tertiary/aromatic N) is 4. The maximum absolute atomic E-state index is 12.9. The number of hydrogen-bond acceptors (Lipinski definition) is 5. The van der Waals surface area contributed by atoms with Gasteiger partial charge < -0.3 is 14.3 Å². The Morgan fingerprint density at radius 3 is 2.61 bits per heavy atom. The summed E-state index contributed by atoms with van der Waals surface area (Å²) in [5.74, 6) is 0.110. The van der Waals surface area contributed by atoms with Gasteiger partial charge >= 0.3 is 0 Å². The molecule has 1 saturated heterocycles. The molecule has 28 heavy (non-hydrogen) atoms. The van der Waals surface area contributed by atoms with Crippen molar-refractivity contribution >= 4 is 22.6 Å². The van der Waals surface area contributed by atoms with Gasteiger partial charge in [0.2, 0.25) is 0 Å². The van der Waals surface area contributed by atoms with E-state index < -0.39 is 0 Å². The van der Waals surface area contributed by atoms with E-state index in [1.165, 1.54) is 0 Å². The Hall–Kier alpha value is -2.86. The number of carbonyl (C=O) groups excluding carboxylic acids is 1. The van der Waals surface area contributed by atoms with Crippen LogP contribution < -0.4 is 4.90 Å². The topological polar surface area (TPSA) is 52.8 Å². The number of amides is 1. The Bertz CT molecular complexity index is 949. The van der Waals surface area contributed by atoms with Crippen molar-refractivity contribution in [1.82, 2.24) is 15.0 Å². The van der Waals surface area contributed by atoms with Gasteiger partial charge in [-0.15, -0.1) is 0 Å². The molecule has 0 bridgehead atoms. The summed E-state index contributed by atoms with van der Waals surface area (Å²) in [6, 6.07) is 15.8. The number of benzene rings is 2. The molecule has 1 fully saturated rings. The van der Waals surface area contributed by atoms with Gasteiger partial charge in [-0.05, 0) is 42.8 Å². The molecule has 6 nitrogen and oxygen atoms in total. The zero-order valence-corrected chi connectivity index (χ0v) is 16.5. The second-order valence-corrected chi connectivity index (χ2v) is 7.49. The molecule has 146 valence electrons. The number of aromatic nitrogens is 1. The first-order valence-corrected chi connectivity index (χ1v) is 9.74. The molecular weight excluding hydrogens is 352 g/mol. The van der Waals surface area contributed by atoms with Gasteiger partial charge in [0, 0.05) is 63.5 Å². The molecule has 1 aliphatic heterocycles. The molecule has 0 radical (unpaired) electrons. The third-order valence-electron chi connectivity index (χ3n) is 5.33. The summed E-state index contributed by atoms with van der Waals surface area (Å²) in [6.07, 6.45) is 0.956. The quantitative estimate of drug-likeness (QED) is 0.698. The number of anilines is 1. The fourth-order valence-electron chi connectivity index (χ4n) is 3.68. The molecule has 2 aromatic carbocycles. The summed E-state index contributed by atoms with van der Waals surface area (Å²) in [5.41, 5.74) is 3.64. The van der Waals surface area contributed by atoms with E-state index in [4.69, 9.17) is 4.52 Å². The average Bonchev–Trinajstić information content (AvgIpc) is 2.97. The van der Waals surface area contributed by atoms with Crippen molar-refractivity contribution in [3.8, 4) is 0 Å². The first-order chi connectivity index (χ1) is 13.6. The minimum absolute atomic E-state index is 0.110. The standard InChI is InChI=1S/C22H26N4O2/c1-24(2)18-10-8-17(9-11-18)22(27)26-13-5-12-25(14-15-26)16-20-19-6-3-4-7-21(19)28-23-20/h3-4,6-11H,5,12-16H2,1-2H3. The van der Waals surface area contributed by atoms with Gasteiger partial charge in [0.25, 0.3) is 5.91 Å². The van der Waals surface area contributed by atoms with Crippen molar-refractivity contribution in [3.05, 3.63) is 59.8 Å². The van der Waals surface area contributed by atoms with E-state index in [0.29, 0.717) is 0 Å². The van der Waals surface area contributed by atoms with Crippen molar-refractivity contribution in [3.63, 3.8) is 0 Å². The molecule has 0 atom stereocenters. The van der Waals surface area contributed by atoms with E-state index in [1.54, 1.807) is 0 Å². The van der Waals surface area contributed by atoms with Gasteiger partial charge in [-0.1, -0.05) is 17.3 Å². The van der Waals surface area contributed by atoms with Gasteiger partial charge in [-0.2, -0.15) is 0 Å². The number of carbonyl (C=O) groups is 1. The van der Waals surface area contributed by atoms with E-state index in [1.807, 2.05) is 72.4 Å². The first-order valence-electron chi connectivity index (χ1n) is 9.74. The smallest absolute Gasteiger partial charge is 0.253 e. The molecular formula is C22H26N4O2. The lowest BCUT2D eigenvalue weighted by atomic mass is 10.1. The first kappa shape index (κ1) is 18.5. The molecule has 0 N–H and O–H groups in total. The lowest BCUT2D eigenvalue weighted by molar-refractivity contribution is 0.0761. The van der Waals surface area contributed by atoms with Gasteiger partial charge in [0.15, 0.2) is 5.58 Å².